The zero-order valence-electron chi connectivity index (χ0n) is 12.8. The summed E-state index contributed by atoms with van der Waals surface area (Å²) in [5.74, 6) is 2.30. The number of nitrogens with one attached hydrogen (secondary N) is 1. The van der Waals surface area contributed by atoms with Gasteiger partial charge in [0.1, 0.15) is 11.5 Å². The van der Waals surface area contributed by atoms with E-state index in [-0.39, 0.29) is 0 Å². The van der Waals surface area contributed by atoms with E-state index in [2.05, 4.69) is 60.2 Å². The van der Waals surface area contributed by atoms with E-state index >= 15 is 0 Å². The average molecular weight is 348 g/mol. The van der Waals surface area contributed by atoms with Gasteiger partial charge in [-0.1, -0.05) is 54.9 Å². The van der Waals surface area contributed by atoms with Crippen LogP contribution in [0.5, 0.6) is 11.5 Å². The van der Waals surface area contributed by atoms with Gasteiger partial charge in [-0.15, -0.1) is 0 Å². The Labute approximate surface area is 135 Å². The molecule has 2 aromatic rings. The van der Waals surface area contributed by atoms with Crippen LogP contribution in [-0.2, 0) is 6.54 Å². The van der Waals surface area contributed by atoms with Gasteiger partial charge in [-0.05, 0) is 42.3 Å². The zero-order chi connectivity index (χ0) is 15.2. The molecule has 0 aliphatic rings. The molecule has 0 heterocycles. The summed E-state index contributed by atoms with van der Waals surface area (Å²) in [5.41, 5.74) is 2.48. The maximum absolute atomic E-state index is 6.05. The van der Waals surface area contributed by atoms with Gasteiger partial charge in [0, 0.05) is 16.6 Å². The van der Waals surface area contributed by atoms with Crippen molar-refractivity contribution in [2.45, 2.75) is 33.2 Å². The molecule has 0 atom stereocenters. The lowest BCUT2D eigenvalue weighted by Gasteiger charge is -2.13. The lowest BCUT2D eigenvalue weighted by atomic mass is 10.0. The largest absolute Gasteiger partial charge is 0.457 e. The van der Waals surface area contributed by atoms with E-state index in [0.717, 1.165) is 34.6 Å². The van der Waals surface area contributed by atoms with Crippen molar-refractivity contribution < 1.29 is 4.74 Å². The minimum atomic E-state index is 0.536. The first-order valence-electron chi connectivity index (χ1n) is 7.37. The van der Waals surface area contributed by atoms with Gasteiger partial charge in [0.25, 0.3) is 0 Å². The highest BCUT2D eigenvalue weighted by Crippen LogP contribution is 2.29. The second-order valence-electron chi connectivity index (χ2n) is 5.36. The number of hydrogen-bond donors (Lipinski definition) is 1. The van der Waals surface area contributed by atoms with Gasteiger partial charge < -0.3 is 10.1 Å². The SMILES string of the molecule is CCNCc1ccc(Br)cc1Oc1ccc(C(C)C)cc1. The monoisotopic (exact) mass is 347 g/mol. The van der Waals surface area contributed by atoms with E-state index < -0.39 is 0 Å². The second kappa shape index (κ2) is 7.62. The molecule has 0 aliphatic heterocycles. The summed E-state index contributed by atoms with van der Waals surface area (Å²) in [7, 11) is 0. The molecule has 3 heteroatoms. The standard InChI is InChI=1S/C18H22BrNO/c1-4-20-12-15-5-8-16(19)11-18(15)21-17-9-6-14(7-10-17)13(2)3/h5-11,13,20H,4,12H2,1-3H3. The normalized spacial score (nSPS) is 10.9. The fraction of sp³-hybridized carbons (Fsp3) is 0.333. The van der Waals surface area contributed by atoms with Gasteiger partial charge in [0.2, 0.25) is 0 Å². The summed E-state index contributed by atoms with van der Waals surface area (Å²) in [6.07, 6.45) is 0. The van der Waals surface area contributed by atoms with Crippen LogP contribution >= 0.6 is 15.9 Å². The first-order chi connectivity index (χ1) is 10.1. The Morgan fingerprint density at radius 3 is 2.43 bits per heavy atom. The molecule has 0 radical (unpaired) electrons. The Balaban J connectivity index is 2.19. The van der Waals surface area contributed by atoms with Crippen LogP contribution in [-0.4, -0.2) is 6.54 Å². The van der Waals surface area contributed by atoms with Crippen LogP contribution in [0.25, 0.3) is 0 Å². The van der Waals surface area contributed by atoms with Gasteiger partial charge in [-0.2, -0.15) is 0 Å². The Kier molecular flexibility index (Phi) is 5.83. The highest BCUT2D eigenvalue weighted by atomic mass is 79.9. The van der Waals surface area contributed by atoms with E-state index in [1.54, 1.807) is 0 Å². The molecule has 1 N–H and O–H groups in total. The van der Waals surface area contributed by atoms with Crippen molar-refractivity contribution in [2.24, 2.45) is 0 Å². The average Bonchev–Trinajstić information content (AvgIpc) is 2.47. The molecule has 0 saturated carbocycles. The van der Waals surface area contributed by atoms with Crippen LogP contribution in [0, 0.1) is 0 Å². The third-order valence-corrected chi connectivity index (χ3v) is 3.86. The van der Waals surface area contributed by atoms with E-state index in [0.29, 0.717) is 5.92 Å². The number of hydrogen-bond acceptors (Lipinski definition) is 2. The Bertz CT molecular complexity index is 578. The number of halogens is 1. The molecule has 2 rings (SSSR count). The van der Waals surface area contributed by atoms with Gasteiger partial charge in [0.05, 0.1) is 0 Å². The first kappa shape index (κ1) is 16.1. The van der Waals surface area contributed by atoms with Gasteiger partial charge >= 0.3 is 0 Å². The van der Waals surface area contributed by atoms with Crippen molar-refractivity contribution in [2.75, 3.05) is 6.54 Å². The molecular formula is C18H22BrNO. The van der Waals surface area contributed by atoms with Crippen molar-refractivity contribution in [1.29, 1.82) is 0 Å². The van der Waals surface area contributed by atoms with Crippen molar-refractivity contribution in [3.05, 3.63) is 58.1 Å². The highest BCUT2D eigenvalue weighted by Gasteiger charge is 2.06. The third kappa shape index (κ3) is 4.58. The van der Waals surface area contributed by atoms with E-state index in [1.165, 1.54) is 5.56 Å². The molecule has 0 spiro atoms. The van der Waals surface area contributed by atoms with Crippen molar-refractivity contribution in [1.82, 2.24) is 5.32 Å². The Morgan fingerprint density at radius 1 is 1.10 bits per heavy atom. The number of ether oxygens (including phenoxy) is 1. The Morgan fingerprint density at radius 2 is 1.81 bits per heavy atom. The lowest BCUT2D eigenvalue weighted by Crippen LogP contribution is -2.12. The lowest BCUT2D eigenvalue weighted by molar-refractivity contribution is 0.472. The van der Waals surface area contributed by atoms with Crippen LogP contribution in [0.1, 0.15) is 37.8 Å². The molecule has 0 bridgehead atoms. The predicted octanol–water partition coefficient (Wildman–Crippen LogP) is 5.47. The van der Waals surface area contributed by atoms with Crippen LogP contribution in [0.2, 0.25) is 0 Å². The van der Waals surface area contributed by atoms with Gasteiger partial charge in [0.15, 0.2) is 0 Å². The maximum atomic E-state index is 6.05. The first-order valence-corrected chi connectivity index (χ1v) is 8.16. The highest BCUT2D eigenvalue weighted by molar-refractivity contribution is 9.10. The summed E-state index contributed by atoms with van der Waals surface area (Å²) in [6, 6.07) is 14.5. The fourth-order valence-corrected chi connectivity index (χ4v) is 2.42. The summed E-state index contributed by atoms with van der Waals surface area (Å²) in [4.78, 5) is 0. The molecule has 2 nitrogen and oxygen atoms in total. The molecule has 0 saturated heterocycles. The molecular weight excluding hydrogens is 326 g/mol. The quantitative estimate of drug-likeness (QED) is 0.747. The topological polar surface area (TPSA) is 21.3 Å². The van der Waals surface area contributed by atoms with Gasteiger partial charge in [-0.25, -0.2) is 0 Å². The molecule has 0 amide bonds. The predicted molar refractivity (Wildman–Crippen MR) is 92.1 cm³/mol. The third-order valence-electron chi connectivity index (χ3n) is 3.37. The Hall–Kier alpha value is -1.32. The van der Waals surface area contributed by atoms with Crippen molar-refractivity contribution in [3.63, 3.8) is 0 Å². The van der Waals surface area contributed by atoms with E-state index in [1.807, 2.05) is 24.3 Å². The van der Waals surface area contributed by atoms with Crippen LogP contribution in [0.3, 0.4) is 0 Å². The van der Waals surface area contributed by atoms with E-state index in [9.17, 15) is 0 Å². The minimum Gasteiger partial charge on any atom is -0.457 e. The van der Waals surface area contributed by atoms with E-state index in [4.69, 9.17) is 4.74 Å². The van der Waals surface area contributed by atoms with Crippen molar-refractivity contribution in [3.8, 4) is 11.5 Å². The van der Waals surface area contributed by atoms with Crippen molar-refractivity contribution >= 4 is 15.9 Å². The summed E-state index contributed by atoms with van der Waals surface area (Å²) < 4.78 is 7.08. The molecule has 0 unspecified atom stereocenters. The second-order valence-corrected chi connectivity index (χ2v) is 6.27. The smallest absolute Gasteiger partial charge is 0.133 e. The number of rotatable bonds is 6. The van der Waals surface area contributed by atoms with Gasteiger partial charge in [-0.3, -0.25) is 0 Å². The van der Waals surface area contributed by atoms with Crippen LogP contribution in [0.15, 0.2) is 46.9 Å². The molecule has 21 heavy (non-hydrogen) atoms. The zero-order valence-corrected chi connectivity index (χ0v) is 14.4. The molecule has 112 valence electrons. The molecule has 2 aromatic carbocycles. The summed E-state index contributed by atoms with van der Waals surface area (Å²) in [5, 5.41) is 3.34. The van der Waals surface area contributed by atoms with Crippen LogP contribution < -0.4 is 10.1 Å². The van der Waals surface area contributed by atoms with Crippen LogP contribution in [0.4, 0.5) is 0 Å². The minimum absolute atomic E-state index is 0.536. The molecule has 0 fully saturated rings. The number of benzene rings is 2. The summed E-state index contributed by atoms with van der Waals surface area (Å²) >= 11 is 3.51. The molecule has 0 aromatic heterocycles. The summed E-state index contributed by atoms with van der Waals surface area (Å²) in [6.45, 7) is 8.24. The fourth-order valence-electron chi connectivity index (χ4n) is 2.08. The molecule has 0 aliphatic carbocycles. The maximum Gasteiger partial charge on any atom is 0.133 e.